The van der Waals surface area contributed by atoms with Crippen LogP contribution in [0.4, 0.5) is 0 Å². The van der Waals surface area contributed by atoms with E-state index < -0.39 is 10.0 Å². The molecule has 0 aliphatic rings. The number of hydrogen-bond acceptors (Lipinski definition) is 4. The van der Waals surface area contributed by atoms with Crippen molar-refractivity contribution in [1.29, 1.82) is 0 Å². The Morgan fingerprint density at radius 3 is 2.22 bits per heavy atom. The summed E-state index contributed by atoms with van der Waals surface area (Å²) in [5.74, 6) is 1.31. The van der Waals surface area contributed by atoms with Crippen LogP contribution in [0.1, 0.15) is 12.8 Å². The second-order valence-corrected chi connectivity index (χ2v) is 6.64. The zero-order chi connectivity index (χ0) is 16.4. The van der Waals surface area contributed by atoms with Gasteiger partial charge in [0, 0.05) is 17.5 Å². The first-order chi connectivity index (χ1) is 11.0. The lowest BCUT2D eigenvalue weighted by Gasteiger charge is -2.03. The van der Waals surface area contributed by atoms with Gasteiger partial charge in [-0.2, -0.15) is 0 Å². The lowest BCUT2D eigenvalue weighted by Crippen LogP contribution is -2.11. The van der Waals surface area contributed by atoms with E-state index in [2.05, 4.69) is 4.98 Å². The molecule has 0 saturated carbocycles. The number of nitrogens with zero attached hydrogens (tertiary/aromatic N) is 1. The van der Waals surface area contributed by atoms with E-state index in [1.165, 1.54) is 12.1 Å². The zero-order valence-electron chi connectivity index (χ0n) is 12.6. The maximum atomic E-state index is 11.4. The maximum Gasteiger partial charge on any atom is 0.238 e. The van der Waals surface area contributed by atoms with Gasteiger partial charge in [-0.05, 0) is 12.1 Å². The number of benzene rings is 2. The van der Waals surface area contributed by atoms with Crippen LogP contribution in [0.3, 0.4) is 0 Å². The molecule has 0 saturated heterocycles. The lowest BCUT2D eigenvalue weighted by molar-refractivity contribution is 0.514. The third-order valence-electron chi connectivity index (χ3n) is 3.47. The topological polar surface area (TPSA) is 86.2 Å². The van der Waals surface area contributed by atoms with Gasteiger partial charge < -0.3 is 4.42 Å². The van der Waals surface area contributed by atoms with Gasteiger partial charge in [0.2, 0.25) is 10.0 Å². The van der Waals surface area contributed by atoms with Crippen molar-refractivity contribution in [3.8, 4) is 22.6 Å². The number of rotatable bonds is 4. The fourth-order valence-electron chi connectivity index (χ4n) is 2.30. The van der Waals surface area contributed by atoms with Crippen LogP contribution in [0.15, 0.2) is 63.9 Å². The van der Waals surface area contributed by atoms with Gasteiger partial charge in [0.15, 0.2) is 11.7 Å². The molecule has 2 N–H and O–H groups in total. The molecule has 3 rings (SSSR count). The summed E-state index contributed by atoms with van der Waals surface area (Å²) in [6.45, 7) is 1.97. The van der Waals surface area contributed by atoms with E-state index in [1.54, 1.807) is 12.1 Å². The molecule has 0 spiro atoms. The minimum Gasteiger partial charge on any atom is -0.440 e. The molecule has 23 heavy (non-hydrogen) atoms. The van der Waals surface area contributed by atoms with Gasteiger partial charge in [0.1, 0.15) is 5.69 Å². The molecule has 0 bridgehead atoms. The standard InChI is InChI=1S/C17H16N2O3S/c1-2-15-19-16(17(22-15)13-6-4-3-5-7-13)12-8-10-14(11-9-12)23(18,20)21/h3-11H,2H2,1H3,(H2,18,20,21). The minimum absolute atomic E-state index is 0.0710. The molecule has 1 aromatic heterocycles. The summed E-state index contributed by atoms with van der Waals surface area (Å²) in [6.07, 6.45) is 0.676. The zero-order valence-corrected chi connectivity index (χ0v) is 13.4. The highest BCUT2D eigenvalue weighted by atomic mass is 32.2. The van der Waals surface area contributed by atoms with Gasteiger partial charge in [-0.1, -0.05) is 49.4 Å². The number of sulfonamides is 1. The highest BCUT2D eigenvalue weighted by molar-refractivity contribution is 7.89. The van der Waals surface area contributed by atoms with E-state index in [-0.39, 0.29) is 4.90 Å². The van der Waals surface area contributed by atoms with Crippen molar-refractivity contribution in [3.63, 3.8) is 0 Å². The molecule has 0 aliphatic carbocycles. The van der Waals surface area contributed by atoms with E-state index in [9.17, 15) is 8.42 Å². The van der Waals surface area contributed by atoms with E-state index in [0.29, 0.717) is 23.8 Å². The van der Waals surface area contributed by atoms with Crippen LogP contribution in [0.25, 0.3) is 22.6 Å². The summed E-state index contributed by atoms with van der Waals surface area (Å²) in [5, 5.41) is 5.13. The van der Waals surface area contributed by atoms with Crippen LogP contribution in [-0.4, -0.2) is 13.4 Å². The van der Waals surface area contributed by atoms with E-state index in [1.807, 2.05) is 37.3 Å². The smallest absolute Gasteiger partial charge is 0.238 e. The number of primary sulfonamides is 1. The van der Waals surface area contributed by atoms with Gasteiger partial charge in [-0.25, -0.2) is 18.5 Å². The molecule has 0 aliphatic heterocycles. The molecule has 0 radical (unpaired) electrons. The average Bonchev–Trinajstić information content (AvgIpc) is 2.99. The third-order valence-corrected chi connectivity index (χ3v) is 4.40. The van der Waals surface area contributed by atoms with Gasteiger partial charge in [-0.15, -0.1) is 0 Å². The highest BCUT2D eigenvalue weighted by Crippen LogP contribution is 2.33. The Morgan fingerprint density at radius 1 is 1.00 bits per heavy atom. The van der Waals surface area contributed by atoms with E-state index in [0.717, 1.165) is 11.1 Å². The summed E-state index contributed by atoms with van der Waals surface area (Å²) < 4.78 is 28.6. The monoisotopic (exact) mass is 328 g/mol. The second kappa shape index (κ2) is 5.98. The molecule has 1 heterocycles. The predicted octanol–water partition coefficient (Wildman–Crippen LogP) is 3.22. The first kappa shape index (κ1) is 15.5. The maximum absolute atomic E-state index is 11.4. The molecule has 0 unspecified atom stereocenters. The molecular weight excluding hydrogens is 312 g/mol. The normalized spacial score (nSPS) is 11.6. The van der Waals surface area contributed by atoms with E-state index >= 15 is 0 Å². The molecule has 0 amide bonds. The van der Waals surface area contributed by atoms with Gasteiger partial charge in [0.25, 0.3) is 0 Å². The van der Waals surface area contributed by atoms with Crippen molar-refractivity contribution >= 4 is 10.0 Å². The van der Waals surface area contributed by atoms with Crippen molar-refractivity contribution in [1.82, 2.24) is 4.98 Å². The largest absolute Gasteiger partial charge is 0.440 e. The summed E-state index contributed by atoms with van der Waals surface area (Å²) in [7, 11) is -3.71. The molecule has 118 valence electrons. The molecule has 5 nitrogen and oxygen atoms in total. The Hall–Kier alpha value is -2.44. The van der Waals surface area contributed by atoms with Crippen molar-refractivity contribution < 1.29 is 12.8 Å². The molecule has 2 aromatic carbocycles. The average molecular weight is 328 g/mol. The first-order valence-corrected chi connectivity index (χ1v) is 8.72. The Bertz CT molecular complexity index is 914. The number of oxazole rings is 1. The van der Waals surface area contributed by atoms with Crippen molar-refractivity contribution in [2.24, 2.45) is 5.14 Å². The summed E-state index contributed by atoms with van der Waals surface area (Å²) in [4.78, 5) is 4.59. The fraction of sp³-hybridized carbons (Fsp3) is 0.118. The van der Waals surface area contributed by atoms with Crippen molar-refractivity contribution in [2.75, 3.05) is 0 Å². The SMILES string of the molecule is CCc1nc(-c2ccc(S(N)(=O)=O)cc2)c(-c2ccccc2)o1. The van der Waals surface area contributed by atoms with Crippen LogP contribution in [0.5, 0.6) is 0 Å². The lowest BCUT2D eigenvalue weighted by atomic mass is 10.1. The van der Waals surface area contributed by atoms with Crippen LogP contribution >= 0.6 is 0 Å². The Balaban J connectivity index is 2.11. The highest BCUT2D eigenvalue weighted by Gasteiger charge is 2.17. The first-order valence-electron chi connectivity index (χ1n) is 7.17. The van der Waals surface area contributed by atoms with Crippen molar-refractivity contribution in [2.45, 2.75) is 18.2 Å². The fourth-order valence-corrected chi connectivity index (χ4v) is 2.81. The number of aryl methyl sites for hydroxylation is 1. The summed E-state index contributed by atoms with van der Waals surface area (Å²) >= 11 is 0. The van der Waals surface area contributed by atoms with Crippen LogP contribution in [-0.2, 0) is 16.4 Å². The predicted molar refractivity (Wildman–Crippen MR) is 88.1 cm³/mol. The molecule has 0 atom stereocenters. The Kier molecular flexibility index (Phi) is 4.02. The van der Waals surface area contributed by atoms with Crippen LogP contribution < -0.4 is 5.14 Å². The Labute approximate surface area is 134 Å². The summed E-state index contributed by atoms with van der Waals surface area (Å²) in [6, 6.07) is 16.0. The van der Waals surface area contributed by atoms with Gasteiger partial charge in [-0.3, -0.25) is 0 Å². The van der Waals surface area contributed by atoms with Crippen LogP contribution in [0, 0.1) is 0 Å². The minimum atomic E-state index is -3.71. The third kappa shape index (κ3) is 3.18. The number of aromatic nitrogens is 1. The second-order valence-electron chi connectivity index (χ2n) is 5.07. The molecular formula is C17H16N2O3S. The molecule has 6 heteroatoms. The molecule has 0 fully saturated rings. The number of nitrogens with two attached hydrogens (primary N) is 1. The quantitative estimate of drug-likeness (QED) is 0.796. The number of hydrogen-bond donors (Lipinski definition) is 1. The Morgan fingerprint density at radius 2 is 1.65 bits per heavy atom. The van der Waals surface area contributed by atoms with Crippen LogP contribution in [0.2, 0.25) is 0 Å². The molecule has 3 aromatic rings. The van der Waals surface area contributed by atoms with E-state index in [4.69, 9.17) is 9.56 Å². The van der Waals surface area contributed by atoms with Gasteiger partial charge >= 0.3 is 0 Å². The van der Waals surface area contributed by atoms with Gasteiger partial charge in [0.05, 0.1) is 4.90 Å². The summed E-state index contributed by atoms with van der Waals surface area (Å²) in [5.41, 5.74) is 2.39. The van der Waals surface area contributed by atoms with Crippen molar-refractivity contribution in [3.05, 3.63) is 60.5 Å².